The zero-order chi connectivity index (χ0) is 13.1. The molecule has 0 fully saturated rings. The number of carboxylic acids is 1. The van der Waals surface area contributed by atoms with Gasteiger partial charge in [-0.3, -0.25) is 0 Å². The molecular formula is C11H7ClFN3O2. The summed E-state index contributed by atoms with van der Waals surface area (Å²) < 4.78 is 12.9. The van der Waals surface area contributed by atoms with Gasteiger partial charge in [-0.1, -0.05) is 11.6 Å². The predicted octanol–water partition coefficient (Wildman–Crippen LogP) is 2.71. The van der Waals surface area contributed by atoms with Crippen LogP contribution in [0.2, 0.25) is 5.02 Å². The average molecular weight is 268 g/mol. The molecule has 1 aromatic carbocycles. The van der Waals surface area contributed by atoms with E-state index in [4.69, 9.17) is 16.7 Å². The second-order valence-electron chi connectivity index (χ2n) is 3.35. The summed E-state index contributed by atoms with van der Waals surface area (Å²) in [7, 11) is 0. The van der Waals surface area contributed by atoms with E-state index in [0.29, 0.717) is 5.69 Å². The minimum absolute atomic E-state index is 0.0347. The van der Waals surface area contributed by atoms with E-state index in [1.807, 2.05) is 0 Å². The molecule has 7 heteroatoms. The summed E-state index contributed by atoms with van der Waals surface area (Å²) >= 11 is 5.62. The molecule has 0 atom stereocenters. The Morgan fingerprint density at radius 2 is 2.11 bits per heavy atom. The van der Waals surface area contributed by atoms with Crippen LogP contribution in [0.5, 0.6) is 0 Å². The lowest BCUT2D eigenvalue weighted by atomic mass is 10.3. The fraction of sp³-hybridized carbons (Fsp3) is 0. The molecule has 92 valence electrons. The van der Waals surface area contributed by atoms with Crippen molar-refractivity contribution in [2.75, 3.05) is 5.32 Å². The highest BCUT2D eigenvalue weighted by Gasteiger charge is 2.07. The van der Waals surface area contributed by atoms with Gasteiger partial charge in [0.05, 0.1) is 5.02 Å². The minimum Gasteiger partial charge on any atom is -0.477 e. The minimum atomic E-state index is -1.16. The maximum Gasteiger partial charge on any atom is 0.354 e. The Hall–Kier alpha value is -2.21. The number of carbonyl (C=O) groups is 1. The number of rotatable bonds is 3. The van der Waals surface area contributed by atoms with E-state index in [2.05, 4.69) is 15.3 Å². The van der Waals surface area contributed by atoms with E-state index in [-0.39, 0.29) is 16.5 Å². The van der Waals surface area contributed by atoms with Crippen molar-refractivity contribution in [2.24, 2.45) is 0 Å². The molecule has 0 spiro atoms. The van der Waals surface area contributed by atoms with Crippen LogP contribution in [0.15, 0.2) is 30.6 Å². The van der Waals surface area contributed by atoms with Gasteiger partial charge in [0, 0.05) is 11.8 Å². The number of benzene rings is 1. The van der Waals surface area contributed by atoms with E-state index in [1.165, 1.54) is 24.3 Å². The fourth-order valence-corrected chi connectivity index (χ4v) is 1.44. The van der Waals surface area contributed by atoms with Gasteiger partial charge in [-0.25, -0.2) is 19.2 Å². The number of carboxylic acid groups (broad SMARTS) is 1. The molecule has 0 saturated carbocycles. The highest BCUT2D eigenvalue weighted by Crippen LogP contribution is 2.21. The Balaban J connectivity index is 2.25. The number of aromatic nitrogens is 2. The third-order valence-electron chi connectivity index (χ3n) is 2.08. The van der Waals surface area contributed by atoms with Gasteiger partial charge in [0.15, 0.2) is 5.69 Å². The molecule has 0 bridgehead atoms. The van der Waals surface area contributed by atoms with Crippen LogP contribution in [0.3, 0.4) is 0 Å². The highest BCUT2D eigenvalue weighted by atomic mass is 35.5. The van der Waals surface area contributed by atoms with Crippen LogP contribution in [0.1, 0.15) is 10.5 Å². The number of halogens is 2. The van der Waals surface area contributed by atoms with Crippen LogP contribution in [-0.4, -0.2) is 21.0 Å². The summed E-state index contributed by atoms with van der Waals surface area (Å²) in [5.41, 5.74) is 0.358. The first-order valence-electron chi connectivity index (χ1n) is 4.83. The Bertz CT molecular complexity index is 607. The molecule has 2 aromatic rings. The summed E-state index contributed by atoms with van der Waals surface area (Å²) in [6, 6.07) is 5.30. The molecule has 0 unspecified atom stereocenters. The third-order valence-corrected chi connectivity index (χ3v) is 2.37. The normalized spacial score (nSPS) is 10.1. The van der Waals surface area contributed by atoms with E-state index < -0.39 is 11.8 Å². The molecule has 0 aliphatic carbocycles. The average Bonchev–Trinajstić information content (AvgIpc) is 2.34. The van der Waals surface area contributed by atoms with Crippen molar-refractivity contribution in [3.05, 3.63) is 47.1 Å². The zero-order valence-electron chi connectivity index (χ0n) is 8.89. The Morgan fingerprint density at radius 1 is 1.33 bits per heavy atom. The Labute approximate surface area is 106 Å². The van der Waals surface area contributed by atoms with Gasteiger partial charge in [0.1, 0.15) is 18.0 Å². The quantitative estimate of drug-likeness (QED) is 0.894. The van der Waals surface area contributed by atoms with Crippen LogP contribution >= 0.6 is 11.6 Å². The largest absolute Gasteiger partial charge is 0.477 e. The highest BCUT2D eigenvalue weighted by molar-refractivity contribution is 6.31. The molecule has 2 rings (SSSR count). The molecule has 0 aliphatic rings. The van der Waals surface area contributed by atoms with E-state index in [0.717, 1.165) is 6.33 Å². The first-order valence-corrected chi connectivity index (χ1v) is 5.21. The van der Waals surface area contributed by atoms with Crippen LogP contribution in [-0.2, 0) is 0 Å². The van der Waals surface area contributed by atoms with Gasteiger partial charge < -0.3 is 10.4 Å². The second-order valence-corrected chi connectivity index (χ2v) is 3.75. The van der Waals surface area contributed by atoms with Crippen molar-refractivity contribution < 1.29 is 14.3 Å². The molecule has 18 heavy (non-hydrogen) atoms. The zero-order valence-corrected chi connectivity index (χ0v) is 9.65. The molecule has 0 aliphatic heterocycles. The lowest BCUT2D eigenvalue weighted by Gasteiger charge is -2.06. The Kier molecular flexibility index (Phi) is 3.38. The van der Waals surface area contributed by atoms with Crippen LogP contribution in [0, 0.1) is 5.82 Å². The van der Waals surface area contributed by atoms with E-state index in [9.17, 15) is 9.18 Å². The third kappa shape index (κ3) is 2.72. The summed E-state index contributed by atoms with van der Waals surface area (Å²) in [6.45, 7) is 0. The van der Waals surface area contributed by atoms with Crippen molar-refractivity contribution in [1.82, 2.24) is 9.97 Å². The summed E-state index contributed by atoms with van der Waals surface area (Å²) in [6.07, 6.45) is 1.12. The standard InChI is InChI=1S/C11H7ClFN3O2/c12-7-3-6(1-2-8(7)13)16-10-4-9(11(17)18)14-5-15-10/h1-5H,(H,17,18)(H,14,15,16). The topological polar surface area (TPSA) is 75.1 Å². The molecule has 1 aromatic heterocycles. The summed E-state index contributed by atoms with van der Waals surface area (Å²) in [4.78, 5) is 18.1. The smallest absolute Gasteiger partial charge is 0.354 e. The molecule has 0 saturated heterocycles. The monoisotopic (exact) mass is 267 g/mol. The van der Waals surface area contributed by atoms with Gasteiger partial charge in [0.25, 0.3) is 0 Å². The Morgan fingerprint density at radius 3 is 2.78 bits per heavy atom. The van der Waals surface area contributed by atoms with E-state index >= 15 is 0 Å². The fourth-order valence-electron chi connectivity index (χ4n) is 1.26. The van der Waals surface area contributed by atoms with E-state index in [1.54, 1.807) is 0 Å². The van der Waals surface area contributed by atoms with Gasteiger partial charge in [-0.15, -0.1) is 0 Å². The van der Waals surface area contributed by atoms with Crippen molar-refractivity contribution in [2.45, 2.75) is 0 Å². The molecule has 0 radical (unpaired) electrons. The summed E-state index contributed by atoms with van der Waals surface area (Å²) in [5.74, 6) is -1.40. The van der Waals surface area contributed by atoms with Crippen molar-refractivity contribution in [3.63, 3.8) is 0 Å². The second kappa shape index (κ2) is 4.97. The molecule has 0 amide bonds. The maximum atomic E-state index is 12.9. The predicted molar refractivity (Wildman–Crippen MR) is 63.7 cm³/mol. The van der Waals surface area contributed by atoms with Crippen molar-refractivity contribution >= 4 is 29.1 Å². The van der Waals surface area contributed by atoms with Crippen LogP contribution in [0.25, 0.3) is 0 Å². The van der Waals surface area contributed by atoms with Gasteiger partial charge >= 0.3 is 5.97 Å². The lowest BCUT2D eigenvalue weighted by molar-refractivity contribution is 0.0690. The van der Waals surface area contributed by atoms with Crippen molar-refractivity contribution in [1.29, 1.82) is 0 Å². The maximum absolute atomic E-state index is 12.9. The summed E-state index contributed by atoms with van der Waals surface area (Å²) in [5, 5.41) is 11.5. The number of nitrogens with zero attached hydrogens (tertiary/aromatic N) is 2. The number of hydrogen-bond donors (Lipinski definition) is 2. The first-order chi connectivity index (χ1) is 8.56. The van der Waals surface area contributed by atoms with Gasteiger partial charge in [-0.2, -0.15) is 0 Å². The van der Waals surface area contributed by atoms with Crippen LogP contribution < -0.4 is 5.32 Å². The number of hydrogen-bond acceptors (Lipinski definition) is 4. The SMILES string of the molecule is O=C(O)c1cc(Nc2ccc(F)c(Cl)c2)ncn1. The molecule has 5 nitrogen and oxygen atoms in total. The van der Waals surface area contributed by atoms with Crippen molar-refractivity contribution in [3.8, 4) is 0 Å². The molecular weight excluding hydrogens is 261 g/mol. The van der Waals surface area contributed by atoms with Crippen LogP contribution in [0.4, 0.5) is 15.9 Å². The number of aromatic carboxylic acids is 1. The first kappa shape index (κ1) is 12.3. The molecule has 1 heterocycles. The number of anilines is 2. The number of nitrogens with one attached hydrogen (secondary N) is 1. The molecule has 2 N–H and O–H groups in total. The van der Waals surface area contributed by atoms with Gasteiger partial charge in [0.2, 0.25) is 0 Å². The lowest BCUT2D eigenvalue weighted by Crippen LogP contribution is -2.03. The van der Waals surface area contributed by atoms with Gasteiger partial charge in [-0.05, 0) is 18.2 Å².